The smallest absolute Gasteiger partial charge is 0.317 e. The Labute approximate surface area is 105 Å². The minimum atomic E-state index is 0.0684. The van der Waals surface area contributed by atoms with Crippen molar-refractivity contribution in [1.82, 2.24) is 15.1 Å². The Morgan fingerprint density at radius 3 is 2.35 bits per heavy atom. The zero-order valence-corrected chi connectivity index (χ0v) is 11.5. The monoisotopic (exact) mass is 241 g/mol. The highest BCUT2D eigenvalue weighted by Crippen LogP contribution is 2.11. The average molecular weight is 241 g/mol. The van der Waals surface area contributed by atoms with Crippen molar-refractivity contribution in [3.63, 3.8) is 0 Å². The van der Waals surface area contributed by atoms with E-state index in [0.29, 0.717) is 6.04 Å². The second-order valence-electron chi connectivity index (χ2n) is 4.80. The summed E-state index contributed by atoms with van der Waals surface area (Å²) in [6, 6.07) is 0.522. The van der Waals surface area contributed by atoms with Crippen molar-refractivity contribution in [2.24, 2.45) is 0 Å². The van der Waals surface area contributed by atoms with Gasteiger partial charge >= 0.3 is 6.03 Å². The van der Waals surface area contributed by atoms with E-state index >= 15 is 0 Å². The van der Waals surface area contributed by atoms with Gasteiger partial charge in [0.15, 0.2) is 0 Å². The molecule has 100 valence electrons. The van der Waals surface area contributed by atoms with Gasteiger partial charge in [-0.15, -0.1) is 0 Å². The molecule has 4 heteroatoms. The lowest BCUT2D eigenvalue weighted by atomic mass is 10.1. The van der Waals surface area contributed by atoms with Crippen molar-refractivity contribution < 1.29 is 4.79 Å². The molecule has 1 fully saturated rings. The van der Waals surface area contributed by atoms with E-state index in [-0.39, 0.29) is 6.03 Å². The number of nitrogens with one attached hydrogen (secondary N) is 1. The molecule has 0 aromatic heterocycles. The number of hydrogen-bond donors (Lipinski definition) is 1. The van der Waals surface area contributed by atoms with Crippen molar-refractivity contribution in [1.29, 1.82) is 0 Å². The van der Waals surface area contributed by atoms with Crippen molar-refractivity contribution >= 4 is 6.03 Å². The fraction of sp³-hybridized carbons (Fsp3) is 0.923. The SMILES string of the molecule is CCN(CC)C(=O)NCC(C)N1CCCCC1. The van der Waals surface area contributed by atoms with E-state index in [4.69, 9.17) is 0 Å². The number of likely N-dealkylation sites (tertiary alicyclic amines) is 1. The number of amides is 2. The van der Waals surface area contributed by atoms with Crippen LogP contribution < -0.4 is 5.32 Å². The van der Waals surface area contributed by atoms with E-state index < -0.39 is 0 Å². The molecule has 1 aliphatic rings. The summed E-state index contributed by atoms with van der Waals surface area (Å²) in [5.74, 6) is 0. The second-order valence-corrected chi connectivity index (χ2v) is 4.80. The van der Waals surface area contributed by atoms with Crippen molar-refractivity contribution in [2.75, 3.05) is 32.7 Å². The normalized spacial score (nSPS) is 18.8. The van der Waals surface area contributed by atoms with Gasteiger partial charge in [-0.3, -0.25) is 4.90 Å². The van der Waals surface area contributed by atoms with E-state index in [1.54, 1.807) is 0 Å². The first-order valence-corrected chi connectivity index (χ1v) is 6.95. The summed E-state index contributed by atoms with van der Waals surface area (Å²) in [5.41, 5.74) is 0. The third kappa shape index (κ3) is 4.54. The van der Waals surface area contributed by atoms with Gasteiger partial charge in [0, 0.05) is 25.7 Å². The van der Waals surface area contributed by atoms with Crippen LogP contribution in [-0.4, -0.2) is 54.6 Å². The van der Waals surface area contributed by atoms with Crippen LogP contribution in [0.25, 0.3) is 0 Å². The molecule has 0 aromatic rings. The van der Waals surface area contributed by atoms with Gasteiger partial charge in [-0.25, -0.2) is 4.79 Å². The Morgan fingerprint density at radius 2 is 1.82 bits per heavy atom. The molecule has 1 rings (SSSR count). The van der Waals surface area contributed by atoms with Crippen LogP contribution in [0.4, 0.5) is 4.79 Å². The Hall–Kier alpha value is -0.770. The lowest BCUT2D eigenvalue weighted by Gasteiger charge is -2.32. The van der Waals surface area contributed by atoms with Crippen LogP contribution in [0.15, 0.2) is 0 Å². The Kier molecular flexibility index (Phi) is 6.34. The number of nitrogens with zero attached hydrogens (tertiary/aromatic N) is 2. The summed E-state index contributed by atoms with van der Waals surface area (Å²) in [7, 11) is 0. The predicted molar refractivity (Wildman–Crippen MR) is 71.2 cm³/mol. The summed E-state index contributed by atoms with van der Waals surface area (Å²) in [6.45, 7) is 10.9. The average Bonchev–Trinajstić information content (AvgIpc) is 2.38. The largest absolute Gasteiger partial charge is 0.336 e. The number of rotatable bonds is 5. The van der Waals surface area contributed by atoms with E-state index in [9.17, 15) is 4.79 Å². The molecular weight excluding hydrogens is 214 g/mol. The molecule has 1 N–H and O–H groups in total. The van der Waals surface area contributed by atoms with Crippen molar-refractivity contribution in [3.8, 4) is 0 Å². The summed E-state index contributed by atoms with van der Waals surface area (Å²) < 4.78 is 0. The summed E-state index contributed by atoms with van der Waals surface area (Å²) in [5, 5.41) is 3.03. The maximum absolute atomic E-state index is 11.8. The van der Waals surface area contributed by atoms with Crippen LogP contribution in [0.3, 0.4) is 0 Å². The molecule has 1 aliphatic heterocycles. The highest BCUT2D eigenvalue weighted by molar-refractivity contribution is 5.74. The van der Waals surface area contributed by atoms with E-state index in [2.05, 4.69) is 17.1 Å². The Morgan fingerprint density at radius 1 is 1.24 bits per heavy atom. The highest BCUT2D eigenvalue weighted by Gasteiger charge is 2.17. The third-order valence-electron chi connectivity index (χ3n) is 3.61. The molecule has 0 radical (unpaired) electrons. The molecule has 4 nitrogen and oxygen atoms in total. The van der Waals surface area contributed by atoms with Crippen molar-refractivity contribution in [3.05, 3.63) is 0 Å². The third-order valence-corrected chi connectivity index (χ3v) is 3.61. The van der Waals surface area contributed by atoms with Gasteiger partial charge in [0.2, 0.25) is 0 Å². The lowest BCUT2D eigenvalue weighted by molar-refractivity contribution is 0.164. The molecule has 0 spiro atoms. The van der Waals surface area contributed by atoms with Crippen LogP contribution in [0, 0.1) is 0 Å². The molecule has 1 unspecified atom stereocenters. The number of piperidine rings is 1. The minimum absolute atomic E-state index is 0.0684. The van der Waals surface area contributed by atoms with Crippen LogP contribution in [0.1, 0.15) is 40.0 Å². The number of carbonyl (C=O) groups excluding carboxylic acids is 1. The van der Waals surface area contributed by atoms with Gasteiger partial charge < -0.3 is 10.2 Å². The van der Waals surface area contributed by atoms with Gasteiger partial charge in [0.05, 0.1) is 0 Å². The Balaban J connectivity index is 2.26. The first kappa shape index (κ1) is 14.3. The van der Waals surface area contributed by atoms with Crippen LogP contribution in [0.5, 0.6) is 0 Å². The molecule has 0 aliphatic carbocycles. The first-order valence-electron chi connectivity index (χ1n) is 6.95. The Bertz CT molecular complexity index is 223. The van der Waals surface area contributed by atoms with Crippen LogP contribution in [0.2, 0.25) is 0 Å². The van der Waals surface area contributed by atoms with E-state index in [1.807, 2.05) is 18.7 Å². The van der Waals surface area contributed by atoms with Gasteiger partial charge in [0.1, 0.15) is 0 Å². The number of hydrogen-bond acceptors (Lipinski definition) is 2. The summed E-state index contributed by atoms with van der Waals surface area (Å²) in [4.78, 5) is 16.1. The van der Waals surface area contributed by atoms with Gasteiger partial charge in [-0.2, -0.15) is 0 Å². The maximum Gasteiger partial charge on any atom is 0.317 e. The molecule has 2 amide bonds. The zero-order valence-electron chi connectivity index (χ0n) is 11.5. The van der Waals surface area contributed by atoms with E-state index in [1.165, 1.54) is 32.4 Å². The molecule has 0 saturated carbocycles. The number of carbonyl (C=O) groups is 1. The zero-order chi connectivity index (χ0) is 12.7. The molecule has 1 saturated heterocycles. The quantitative estimate of drug-likeness (QED) is 0.798. The molecule has 1 heterocycles. The van der Waals surface area contributed by atoms with Gasteiger partial charge in [-0.1, -0.05) is 6.42 Å². The van der Waals surface area contributed by atoms with Crippen LogP contribution >= 0.6 is 0 Å². The standard InChI is InChI=1S/C13H27N3O/c1-4-15(5-2)13(17)14-11-12(3)16-9-7-6-8-10-16/h12H,4-11H2,1-3H3,(H,14,17). The first-order chi connectivity index (χ1) is 8.19. The predicted octanol–water partition coefficient (Wildman–Crippen LogP) is 1.91. The molecule has 1 atom stereocenters. The molecule has 0 aromatic carbocycles. The molecule has 0 bridgehead atoms. The maximum atomic E-state index is 11.8. The van der Waals surface area contributed by atoms with E-state index in [0.717, 1.165) is 19.6 Å². The second kappa shape index (κ2) is 7.54. The van der Waals surface area contributed by atoms with Crippen molar-refractivity contribution in [2.45, 2.75) is 46.1 Å². The highest BCUT2D eigenvalue weighted by atomic mass is 16.2. The van der Waals surface area contributed by atoms with Crippen LogP contribution in [-0.2, 0) is 0 Å². The lowest BCUT2D eigenvalue weighted by Crippen LogP contribution is -2.47. The summed E-state index contributed by atoms with van der Waals surface area (Å²) >= 11 is 0. The minimum Gasteiger partial charge on any atom is -0.336 e. The fourth-order valence-electron chi connectivity index (χ4n) is 2.35. The van der Waals surface area contributed by atoms with Gasteiger partial charge in [-0.05, 0) is 46.7 Å². The number of urea groups is 1. The topological polar surface area (TPSA) is 35.6 Å². The van der Waals surface area contributed by atoms with Gasteiger partial charge in [0.25, 0.3) is 0 Å². The molecule has 17 heavy (non-hydrogen) atoms. The fourth-order valence-corrected chi connectivity index (χ4v) is 2.35. The molecular formula is C13H27N3O. The summed E-state index contributed by atoms with van der Waals surface area (Å²) in [6.07, 6.45) is 3.96.